The van der Waals surface area contributed by atoms with Gasteiger partial charge in [-0.25, -0.2) is 9.48 Å². The van der Waals surface area contributed by atoms with Crippen LogP contribution in [0.25, 0.3) is 5.69 Å². The molecule has 0 spiro atoms. The number of anilines is 1. The van der Waals surface area contributed by atoms with E-state index in [-0.39, 0.29) is 6.61 Å². The molecular weight excluding hydrogens is 513 g/mol. The van der Waals surface area contributed by atoms with E-state index in [1.807, 2.05) is 5.32 Å². The first kappa shape index (κ1) is 25.6. The summed E-state index contributed by atoms with van der Waals surface area (Å²) in [5.74, 6) is -3.91. The summed E-state index contributed by atoms with van der Waals surface area (Å²) in [6.07, 6.45) is -4.86. The van der Waals surface area contributed by atoms with E-state index in [0.717, 1.165) is 0 Å². The average Bonchev–Trinajstić information content (AvgIpc) is 2.96. The van der Waals surface area contributed by atoms with Crippen molar-refractivity contribution in [2.45, 2.75) is 23.5 Å². The van der Waals surface area contributed by atoms with Crippen LogP contribution in [0.5, 0.6) is 0 Å². The van der Waals surface area contributed by atoms with E-state index < -0.39 is 73.0 Å². The molecule has 0 aliphatic heterocycles. The summed E-state index contributed by atoms with van der Waals surface area (Å²) in [4.78, 5) is 22.7. The number of hydrogen-bond donors (Lipinski definition) is 1. The highest BCUT2D eigenvalue weighted by molar-refractivity contribution is 8.00. The van der Waals surface area contributed by atoms with Gasteiger partial charge in [-0.15, -0.1) is 0 Å². The second-order valence-electron chi connectivity index (χ2n) is 5.56. The third-order valence-electron chi connectivity index (χ3n) is 3.41. The number of nitriles is 1. The summed E-state index contributed by atoms with van der Waals surface area (Å²) in [5, 5.41) is 13.1. The van der Waals surface area contributed by atoms with Crippen molar-refractivity contribution in [1.29, 1.82) is 5.26 Å². The van der Waals surface area contributed by atoms with Gasteiger partial charge in [0.1, 0.15) is 11.8 Å². The molecule has 1 aromatic carbocycles. The lowest BCUT2D eigenvalue weighted by Gasteiger charge is -2.15. The maximum Gasteiger partial charge on any atom is 0.446 e. The minimum Gasteiger partial charge on any atom is -0.459 e. The number of rotatable bonds is 4. The lowest BCUT2D eigenvalue weighted by Crippen LogP contribution is -2.26. The van der Waals surface area contributed by atoms with E-state index in [2.05, 4.69) is 9.84 Å². The van der Waals surface area contributed by atoms with Crippen molar-refractivity contribution in [3.05, 3.63) is 33.4 Å². The van der Waals surface area contributed by atoms with Crippen molar-refractivity contribution >= 4 is 52.7 Å². The Morgan fingerprint density at radius 1 is 1.22 bits per heavy atom. The average molecular weight is 521 g/mol. The molecular formula is C16H8Cl2F6N4O3S. The van der Waals surface area contributed by atoms with Gasteiger partial charge in [0.2, 0.25) is 0 Å². The van der Waals surface area contributed by atoms with E-state index >= 15 is 0 Å². The van der Waals surface area contributed by atoms with Gasteiger partial charge in [0.15, 0.2) is 11.5 Å². The lowest BCUT2D eigenvalue weighted by atomic mass is 10.2. The predicted molar refractivity (Wildman–Crippen MR) is 100 cm³/mol. The summed E-state index contributed by atoms with van der Waals surface area (Å²) in [6.45, 7) is 1.12. The second kappa shape index (κ2) is 9.47. The van der Waals surface area contributed by atoms with Crippen LogP contribution in [0.15, 0.2) is 17.0 Å². The molecule has 2 aromatic rings. The molecule has 1 N–H and O–H groups in total. The topological polar surface area (TPSA) is 97.0 Å². The van der Waals surface area contributed by atoms with E-state index in [1.165, 1.54) is 13.0 Å². The number of ether oxygens (including phenoxy) is 1. The van der Waals surface area contributed by atoms with Gasteiger partial charge in [-0.05, 0) is 30.8 Å². The molecule has 7 nitrogen and oxygen atoms in total. The normalized spacial score (nSPS) is 11.8. The monoisotopic (exact) mass is 520 g/mol. The van der Waals surface area contributed by atoms with Crippen molar-refractivity contribution in [3.63, 3.8) is 0 Å². The molecule has 0 fully saturated rings. The van der Waals surface area contributed by atoms with Crippen LogP contribution in [0.4, 0.5) is 32.2 Å². The highest BCUT2D eigenvalue weighted by atomic mass is 35.5. The number of hydrogen-bond acceptors (Lipinski definition) is 6. The number of carbonyl (C=O) groups excluding carboxylic acids is 2. The van der Waals surface area contributed by atoms with Gasteiger partial charge in [0.25, 0.3) is 0 Å². The molecule has 0 aliphatic carbocycles. The summed E-state index contributed by atoms with van der Waals surface area (Å²) in [6, 6.07) is 2.21. The van der Waals surface area contributed by atoms with Crippen LogP contribution >= 0.6 is 35.0 Å². The van der Waals surface area contributed by atoms with Crippen LogP contribution in [-0.4, -0.2) is 33.8 Å². The summed E-state index contributed by atoms with van der Waals surface area (Å²) < 4.78 is 83.0. The Bertz CT molecular complexity index is 1090. The highest BCUT2D eigenvalue weighted by Crippen LogP contribution is 2.45. The molecule has 1 amide bonds. The molecule has 0 unspecified atom stereocenters. The molecule has 1 aromatic heterocycles. The fraction of sp³-hybridized carbons (Fsp3) is 0.250. The summed E-state index contributed by atoms with van der Waals surface area (Å²) >= 11 is 10.9. The van der Waals surface area contributed by atoms with Crippen LogP contribution in [0.3, 0.4) is 0 Å². The smallest absolute Gasteiger partial charge is 0.446 e. The Morgan fingerprint density at radius 2 is 1.78 bits per heavy atom. The second-order valence-corrected chi connectivity index (χ2v) is 7.45. The van der Waals surface area contributed by atoms with Crippen molar-refractivity contribution < 1.29 is 40.7 Å². The van der Waals surface area contributed by atoms with Gasteiger partial charge >= 0.3 is 23.6 Å². The lowest BCUT2D eigenvalue weighted by molar-refractivity contribution is -0.152. The zero-order chi connectivity index (χ0) is 24.4. The number of thioether (sulfide) groups is 1. The van der Waals surface area contributed by atoms with Gasteiger partial charge < -0.3 is 4.74 Å². The van der Waals surface area contributed by atoms with Crippen LogP contribution in [-0.2, 0) is 20.5 Å². The van der Waals surface area contributed by atoms with Crippen molar-refractivity contribution in [2.75, 3.05) is 11.9 Å². The number of amides is 1. The van der Waals surface area contributed by atoms with Gasteiger partial charge in [0.05, 0.1) is 27.1 Å². The number of halogens is 8. The first-order valence-corrected chi connectivity index (χ1v) is 9.60. The molecule has 16 heteroatoms. The van der Waals surface area contributed by atoms with E-state index in [0.29, 0.717) is 16.8 Å². The predicted octanol–water partition coefficient (Wildman–Crippen LogP) is 5.18. The van der Waals surface area contributed by atoms with Crippen LogP contribution in [0.2, 0.25) is 10.0 Å². The zero-order valence-electron chi connectivity index (χ0n) is 15.4. The molecule has 2 rings (SSSR count). The first-order chi connectivity index (χ1) is 14.7. The van der Waals surface area contributed by atoms with Gasteiger partial charge in [-0.3, -0.25) is 10.1 Å². The molecule has 0 saturated heterocycles. The fourth-order valence-corrected chi connectivity index (χ4v) is 3.54. The van der Waals surface area contributed by atoms with Crippen LogP contribution in [0, 0.1) is 11.3 Å². The molecule has 172 valence electrons. The summed E-state index contributed by atoms with van der Waals surface area (Å²) in [5.41, 5.74) is -7.70. The Kier molecular flexibility index (Phi) is 7.59. The number of nitrogens with zero attached hydrogens (tertiary/aromatic N) is 3. The molecule has 0 aliphatic rings. The standard InChI is InChI=1S/C16H8Cl2F6N4O3S/c1-2-31-14(30)13(29)26-12-11(32-16(22,23)24)9(5-25)27-28(12)10-7(17)3-6(4-8(10)18)15(19,20)21/h3-4H,2H2,1H3,(H,26,29). The molecule has 0 radical (unpaired) electrons. The number of benzene rings is 1. The van der Waals surface area contributed by atoms with Gasteiger partial charge in [-0.1, -0.05) is 23.2 Å². The summed E-state index contributed by atoms with van der Waals surface area (Å²) in [7, 11) is 0. The molecule has 0 atom stereocenters. The Balaban J connectivity index is 2.77. The fourth-order valence-electron chi connectivity index (χ4n) is 2.25. The number of esters is 1. The Labute approximate surface area is 189 Å². The number of nitrogens with one attached hydrogen (secondary N) is 1. The molecule has 0 saturated carbocycles. The molecule has 32 heavy (non-hydrogen) atoms. The van der Waals surface area contributed by atoms with Crippen molar-refractivity contribution in [2.24, 2.45) is 0 Å². The third-order valence-corrected chi connectivity index (χ3v) is 4.81. The maximum absolute atomic E-state index is 13.0. The van der Waals surface area contributed by atoms with E-state index in [4.69, 9.17) is 23.2 Å². The Morgan fingerprint density at radius 3 is 2.22 bits per heavy atom. The van der Waals surface area contributed by atoms with Crippen molar-refractivity contribution in [3.8, 4) is 11.8 Å². The zero-order valence-corrected chi connectivity index (χ0v) is 17.7. The largest absolute Gasteiger partial charge is 0.459 e. The van der Waals surface area contributed by atoms with E-state index in [1.54, 1.807) is 0 Å². The molecule has 1 heterocycles. The SMILES string of the molecule is CCOC(=O)C(=O)Nc1c(SC(F)(F)F)c(C#N)nn1-c1c(Cl)cc(C(F)(F)F)cc1Cl. The van der Waals surface area contributed by atoms with E-state index in [9.17, 15) is 41.2 Å². The molecule has 0 bridgehead atoms. The van der Waals surface area contributed by atoms with Crippen molar-refractivity contribution in [1.82, 2.24) is 9.78 Å². The van der Waals surface area contributed by atoms with Crippen LogP contribution in [0.1, 0.15) is 18.2 Å². The first-order valence-electron chi connectivity index (χ1n) is 8.03. The highest BCUT2D eigenvalue weighted by Gasteiger charge is 2.37. The Hall–Kier alpha value is -2.63. The quantitative estimate of drug-likeness (QED) is 0.258. The maximum atomic E-state index is 13.0. The van der Waals surface area contributed by atoms with Gasteiger partial charge in [-0.2, -0.15) is 36.7 Å². The minimum absolute atomic E-state index is 0.240. The number of carbonyl (C=O) groups is 2. The van der Waals surface area contributed by atoms with Crippen LogP contribution < -0.4 is 5.32 Å². The third kappa shape index (κ3) is 5.78. The number of aromatic nitrogens is 2. The van der Waals surface area contributed by atoms with Gasteiger partial charge in [0, 0.05) is 0 Å². The number of alkyl halides is 6. The minimum atomic E-state index is -4.98.